The lowest BCUT2D eigenvalue weighted by molar-refractivity contribution is -0.126. The van der Waals surface area contributed by atoms with E-state index >= 15 is 0 Å². The Bertz CT molecular complexity index is 1190. The molecule has 0 fully saturated rings. The SMILES string of the molecule is NC(=O)[C@@H](Cc1cccc2ccccc12)NC(=O)Cc1ccc2ccccc2c1. The lowest BCUT2D eigenvalue weighted by atomic mass is 9.98. The second kappa shape index (κ2) is 8.15. The van der Waals surface area contributed by atoms with Crippen molar-refractivity contribution in [1.82, 2.24) is 5.32 Å². The molecule has 0 saturated heterocycles. The summed E-state index contributed by atoms with van der Waals surface area (Å²) in [5, 5.41) is 7.18. The fourth-order valence-corrected chi connectivity index (χ4v) is 3.69. The number of nitrogens with one attached hydrogen (secondary N) is 1. The monoisotopic (exact) mass is 382 g/mol. The van der Waals surface area contributed by atoms with Crippen LogP contribution in [0.1, 0.15) is 11.1 Å². The summed E-state index contributed by atoms with van der Waals surface area (Å²) in [6.45, 7) is 0. The van der Waals surface area contributed by atoms with Crippen LogP contribution in [0.25, 0.3) is 21.5 Å². The minimum absolute atomic E-state index is 0.199. The second-order valence-electron chi connectivity index (χ2n) is 7.22. The highest BCUT2D eigenvalue weighted by atomic mass is 16.2. The minimum atomic E-state index is -0.756. The molecule has 1 atom stereocenters. The van der Waals surface area contributed by atoms with E-state index in [1.54, 1.807) is 0 Å². The van der Waals surface area contributed by atoms with Crippen LogP contribution in [0, 0.1) is 0 Å². The highest BCUT2D eigenvalue weighted by Gasteiger charge is 2.19. The molecule has 0 aliphatic carbocycles. The van der Waals surface area contributed by atoms with E-state index in [0.717, 1.165) is 32.7 Å². The Balaban J connectivity index is 1.50. The lowest BCUT2D eigenvalue weighted by Crippen LogP contribution is -2.46. The van der Waals surface area contributed by atoms with Gasteiger partial charge in [-0.15, -0.1) is 0 Å². The average Bonchev–Trinajstić information content (AvgIpc) is 2.73. The molecule has 4 rings (SSSR count). The number of rotatable bonds is 6. The van der Waals surface area contributed by atoms with Gasteiger partial charge in [0.15, 0.2) is 0 Å². The van der Waals surface area contributed by atoms with Gasteiger partial charge in [-0.05, 0) is 32.7 Å². The van der Waals surface area contributed by atoms with Crippen LogP contribution < -0.4 is 11.1 Å². The number of hydrogen-bond donors (Lipinski definition) is 2. The molecule has 2 amide bonds. The molecular weight excluding hydrogens is 360 g/mol. The summed E-state index contributed by atoms with van der Waals surface area (Å²) in [5.41, 5.74) is 7.47. The quantitative estimate of drug-likeness (QED) is 0.533. The van der Waals surface area contributed by atoms with E-state index in [4.69, 9.17) is 5.73 Å². The molecular formula is C25H22N2O2. The summed E-state index contributed by atoms with van der Waals surface area (Å²) in [6, 6.07) is 27.1. The Morgan fingerprint density at radius 1 is 0.793 bits per heavy atom. The van der Waals surface area contributed by atoms with Gasteiger partial charge in [0.05, 0.1) is 6.42 Å². The smallest absolute Gasteiger partial charge is 0.240 e. The molecule has 0 unspecified atom stereocenters. The third kappa shape index (κ3) is 4.27. The van der Waals surface area contributed by atoms with Gasteiger partial charge in [-0.1, -0.05) is 84.9 Å². The Morgan fingerprint density at radius 2 is 1.48 bits per heavy atom. The Labute approximate surface area is 169 Å². The number of carbonyl (C=O) groups is 2. The number of amides is 2. The molecule has 0 saturated carbocycles. The molecule has 0 spiro atoms. The maximum atomic E-state index is 12.6. The second-order valence-corrected chi connectivity index (χ2v) is 7.22. The summed E-state index contributed by atoms with van der Waals surface area (Å²) in [4.78, 5) is 24.6. The lowest BCUT2D eigenvalue weighted by Gasteiger charge is -2.17. The van der Waals surface area contributed by atoms with Gasteiger partial charge >= 0.3 is 0 Å². The molecule has 0 radical (unpaired) electrons. The van der Waals surface area contributed by atoms with Gasteiger partial charge in [-0.2, -0.15) is 0 Å². The molecule has 0 bridgehead atoms. The summed E-state index contributed by atoms with van der Waals surface area (Å²) in [7, 11) is 0. The van der Waals surface area contributed by atoms with Gasteiger partial charge in [0, 0.05) is 6.42 Å². The zero-order valence-corrected chi connectivity index (χ0v) is 16.0. The summed E-state index contributed by atoms with van der Waals surface area (Å²) in [5.74, 6) is -0.755. The standard InChI is InChI=1S/C25H22N2O2/c26-25(29)23(16-21-10-5-9-19-7-3-4-11-22(19)21)27-24(28)15-17-12-13-18-6-1-2-8-20(18)14-17/h1-14,23H,15-16H2,(H2,26,29)(H,27,28)/t23-/m1/s1. The van der Waals surface area contributed by atoms with Crippen LogP contribution in [0.15, 0.2) is 84.9 Å². The number of primary amides is 1. The first-order valence-corrected chi connectivity index (χ1v) is 9.63. The first-order chi connectivity index (χ1) is 14.1. The van der Waals surface area contributed by atoms with Crippen LogP contribution in [-0.4, -0.2) is 17.9 Å². The highest BCUT2D eigenvalue weighted by Crippen LogP contribution is 2.20. The predicted molar refractivity (Wildman–Crippen MR) is 116 cm³/mol. The number of nitrogens with two attached hydrogens (primary N) is 1. The molecule has 0 aliphatic heterocycles. The van der Waals surface area contributed by atoms with E-state index in [0.29, 0.717) is 6.42 Å². The maximum absolute atomic E-state index is 12.6. The van der Waals surface area contributed by atoms with Crippen LogP contribution >= 0.6 is 0 Å². The molecule has 29 heavy (non-hydrogen) atoms. The molecule has 4 aromatic carbocycles. The Morgan fingerprint density at radius 3 is 2.28 bits per heavy atom. The van der Waals surface area contributed by atoms with Crippen molar-refractivity contribution in [2.24, 2.45) is 5.73 Å². The van der Waals surface area contributed by atoms with Crippen LogP contribution in [0.5, 0.6) is 0 Å². The van der Waals surface area contributed by atoms with Crippen LogP contribution in [-0.2, 0) is 22.4 Å². The zero-order chi connectivity index (χ0) is 20.2. The predicted octanol–water partition coefficient (Wildman–Crippen LogP) is 3.75. The van der Waals surface area contributed by atoms with E-state index in [2.05, 4.69) is 5.32 Å². The fourth-order valence-electron chi connectivity index (χ4n) is 3.69. The third-order valence-electron chi connectivity index (χ3n) is 5.16. The van der Waals surface area contributed by atoms with Crippen molar-refractivity contribution in [1.29, 1.82) is 0 Å². The molecule has 3 N–H and O–H groups in total. The summed E-state index contributed by atoms with van der Waals surface area (Å²) >= 11 is 0. The number of hydrogen-bond acceptors (Lipinski definition) is 2. The minimum Gasteiger partial charge on any atom is -0.368 e. The summed E-state index contributed by atoms with van der Waals surface area (Å²) < 4.78 is 0. The van der Waals surface area contributed by atoms with Gasteiger partial charge in [0.2, 0.25) is 11.8 Å². The van der Waals surface area contributed by atoms with E-state index in [1.165, 1.54) is 0 Å². The largest absolute Gasteiger partial charge is 0.368 e. The van der Waals surface area contributed by atoms with Crippen molar-refractivity contribution >= 4 is 33.4 Å². The van der Waals surface area contributed by atoms with Crippen molar-refractivity contribution in [3.63, 3.8) is 0 Å². The average molecular weight is 382 g/mol. The van der Waals surface area contributed by atoms with Crippen molar-refractivity contribution in [2.45, 2.75) is 18.9 Å². The molecule has 4 heteroatoms. The van der Waals surface area contributed by atoms with E-state index in [-0.39, 0.29) is 12.3 Å². The highest BCUT2D eigenvalue weighted by molar-refractivity contribution is 5.90. The molecule has 0 aliphatic rings. The van der Waals surface area contributed by atoms with Crippen molar-refractivity contribution in [2.75, 3.05) is 0 Å². The topological polar surface area (TPSA) is 72.2 Å². The van der Waals surface area contributed by atoms with Gasteiger partial charge in [-0.3, -0.25) is 9.59 Å². The molecule has 4 nitrogen and oxygen atoms in total. The Hall–Kier alpha value is -3.66. The summed E-state index contributed by atoms with van der Waals surface area (Å²) in [6.07, 6.45) is 0.560. The molecule has 144 valence electrons. The molecule has 4 aromatic rings. The number of carbonyl (C=O) groups excluding carboxylic acids is 2. The van der Waals surface area contributed by atoms with E-state index in [9.17, 15) is 9.59 Å². The fraction of sp³-hybridized carbons (Fsp3) is 0.120. The first kappa shape index (κ1) is 18.7. The zero-order valence-electron chi connectivity index (χ0n) is 16.0. The van der Waals surface area contributed by atoms with Crippen molar-refractivity contribution < 1.29 is 9.59 Å². The van der Waals surface area contributed by atoms with Gasteiger partial charge < -0.3 is 11.1 Å². The Kier molecular flexibility index (Phi) is 5.25. The maximum Gasteiger partial charge on any atom is 0.240 e. The normalized spacial score (nSPS) is 12.0. The number of fused-ring (bicyclic) bond motifs is 2. The molecule has 0 heterocycles. The van der Waals surface area contributed by atoms with Gasteiger partial charge in [0.25, 0.3) is 0 Å². The first-order valence-electron chi connectivity index (χ1n) is 9.63. The van der Waals surface area contributed by atoms with Crippen LogP contribution in [0.4, 0.5) is 0 Å². The van der Waals surface area contributed by atoms with Crippen LogP contribution in [0.2, 0.25) is 0 Å². The van der Waals surface area contributed by atoms with E-state index in [1.807, 2.05) is 84.9 Å². The molecule has 0 aromatic heterocycles. The number of benzene rings is 4. The van der Waals surface area contributed by atoms with Gasteiger partial charge in [0.1, 0.15) is 6.04 Å². The van der Waals surface area contributed by atoms with Gasteiger partial charge in [-0.25, -0.2) is 0 Å². The van der Waals surface area contributed by atoms with Crippen LogP contribution in [0.3, 0.4) is 0 Å². The van der Waals surface area contributed by atoms with Crippen molar-refractivity contribution in [3.8, 4) is 0 Å². The van der Waals surface area contributed by atoms with E-state index < -0.39 is 11.9 Å². The third-order valence-corrected chi connectivity index (χ3v) is 5.16. The van der Waals surface area contributed by atoms with Crippen molar-refractivity contribution in [3.05, 3.63) is 96.1 Å².